The Kier molecular flexibility index (Phi) is 9.31. The first-order valence-electron chi connectivity index (χ1n) is 13.3. The smallest absolute Gasteiger partial charge is 0.264 e. The lowest BCUT2D eigenvalue weighted by molar-refractivity contribution is -0.140. The van der Waals surface area contributed by atoms with Crippen molar-refractivity contribution in [3.63, 3.8) is 0 Å². The van der Waals surface area contributed by atoms with Gasteiger partial charge in [-0.15, -0.1) is 0 Å². The number of hydrogen-bond acceptors (Lipinski definition) is 6. The summed E-state index contributed by atoms with van der Waals surface area (Å²) in [6, 6.07) is 19.6. The van der Waals surface area contributed by atoms with Crippen molar-refractivity contribution in [1.82, 2.24) is 10.2 Å². The van der Waals surface area contributed by atoms with E-state index in [4.69, 9.17) is 9.47 Å². The second-order valence-electron chi connectivity index (χ2n) is 9.48. The normalized spacial score (nSPS) is 13.3. The maximum atomic E-state index is 14.1. The van der Waals surface area contributed by atoms with E-state index in [0.717, 1.165) is 15.4 Å². The number of sulfonamides is 1. The van der Waals surface area contributed by atoms with Gasteiger partial charge in [0.15, 0.2) is 11.5 Å². The maximum Gasteiger partial charge on any atom is 0.264 e. The molecule has 0 radical (unpaired) electrons. The summed E-state index contributed by atoms with van der Waals surface area (Å²) in [5, 5.41) is 2.81. The van der Waals surface area contributed by atoms with Crippen molar-refractivity contribution >= 4 is 27.5 Å². The van der Waals surface area contributed by atoms with Gasteiger partial charge in [-0.2, -0.15) is 0 Å². The monoisotopic (exact) mass is 565 g/mol. The Morgan fingerprint density at radius 3 is 2.25 bits per heavy atom. The lowest BCUT2D eigenvalue weighted by Gasteiger charge is -2.33. The Labute approximate surface area is 235 Å². The van der Waals surface area contributed by atoms with Crippen LogP contribution >= 0.6 is 0 Å². The van der Waals surface area contributed by atoms with Crippen LogP contribution in [0.5, 0.6) is 11.5 Å². The Balaban J connectivity index is 1.75. The molecule has 0 aromatic heterocycles. The van der Waals surface area contributed by atoms with Crippen molar-refractivity contribution in [2.45, 2.75) is 44.7 Å². The van der Waals surface area contributed by atoms with E-state index in [1.54, 1.807) is 36.4 Å². The summed E-state index contributed by atoms with van der Waals surface area (Å²) >= 11 is 0. The van der Waals surface area contributed by atoms with E-state index in [2.05, 4.69) is 5.32 Å². The topological polar surface area (TPSA) is 105 Å². The van der Waals surface area contributed by atoms with Crippen molar-refractivity contribution in [3.05, 3.63) is 83.9 Å². The highest BCUT2D eigenvalue weighted by Gasteiger charge is 2.34. The second-order valence-corrected chi connectivity index (χ2v) is 11.3. The fourth-order valence-electron chi connectivity index (χ4n) is 4.54. The zero-order chi connectivity index (χ0) is 28.7. The molecule has 9 nitrogen and oxygen atoms in total. The maximum absolute atomic E-state index is 14.1. The van der Waals surface area contributed by atoms with E-state index in [1.807, 2.05) is 45.0 Å². The molecular weight excluding hydrogens is 530 g/mol. The molecule has 0 saturated heterocycles. The van der Waals surface area contributed by atoms with Gasteiger partial charge < -0.3 is 19.7 Å². The van der Waals surface area contributed by atoms with Crippen molar-refractivity contribution in [1.29, 1.82) is 0 Å². The Hall–Kier alpha value is -4.05. The molecule has 1 N–H and O–H groups in total. The number of anilines is 1. The lowest BCUT2D eigenvalue weighted by atomic mass is 10.1. The standard InChI is InChI=1S/C30H35N3O6S/c1-4-26(30(35)31-5-2)32(20-23-13-11-22(3)12-14-23)29(34)21-33(40(36,37)25-9-7-6-8-10-25)24-15-16-27-28(19-24)39-18-17-38-27/h6-16,19,26H,4-5,17-18,20-21H2,1-3H3,(H,31,35). The number of ether oxygens (including phenoxy) is 2. The van der Waals surface area contributed by atoms with Crippen LogP contribution < -0.4 is 19.1 Å². The summed E-state index contributed by atoms with van der Waals surface area (Å²) in [6.07, 6.45) is 0.360. The molecule has 1 unspecified atom stereocenters. The summed E-state index contributed by atoms with van der Waals surface area (Å²) in [4.78, 5) is 28.6. The molecule has 0 spiro atoms. The van der Waals surface area contributed by atoms with E-state index in [1.165, 1.54) is 17.0 Å². The van der Waals surface area contributed by atoms with Gasteiger partial charge in [0.05, 0.1) is 10.6 Å². The molecule has 10 heteroatoms. The number of hydrogen-bond donors (Lipinski definition) is 1. The van der Waals surface area contributed by atoms with Gasteiger partial charge >= 0.3 is 0 Å². The zero-order valence-corrected chi connectivity index (χ0v) is 23.8. The SMILES string of the molecule is CCNC(=O)C(CC)N(Cc1ccc(C)cc1)C(=O)CN(c1ccc2c(c1)OCCO2)S(=O)(=O)c1ccccc1. The van der Waals surface area contributed by atoms with Crippen molar-refractivity contribution in [2.75, 3.05) is 30.6 Å². The van der Waals surface area contributed by atoms with Crippen LogP contribution in [-0.4, -0.2) is 57.5 Å². The molecule has 0 saturated carbocycles. The van der Waals surface area contributed by atoms with Crippen molar-refractivity contribution < 1.29 is 27.5 Å². The number of aryl methyl sites for hydroxylation is 1. The number of carbonyl (C=O) groups excluding carboxylic acids is 2. The average Bonchev–Trinajstić information content (AvgIpc) is 2.97. The first kappa shape index (κ1) is 28.9. The Morgan fingerprint density at radius 2 is 1.60 bits per heavy atom. The highest BCUT2D eigenvalue weighted by molar-refractivity contribution is 7.92. The number of fused-ring (bicyclic) bond motifs is 1. The van der Waals surface area contributed by atoms with Gasteiger partial charge in [-0.3, -0.25) is 13.9 Å². The molecule has 0 aliphatic carbocycles. The molecule has 0 fully saturated rings. The predicted octanol–water partition coefficient (Wildman–Crippen LogP) is 3.91. The number of likely N-dealkylation sites (N-methyl/N-ethyl adjacent to an activating group) is 1. The van der Waals surface area contributed by atoms with E-state index < -0.39 is 28.5 Å². The van der Waals surface area contributed by atoms with Crippen molar-refractivity contribution in [2.24, 2.45) is 0 Å². The molecule has 1 atom stereocenters. The highest BCUT2D eigenvalue weighted by atomic mass is 32.2. The molecule has 4 rings (SSSR count). The minimum absolute atomic E-state index is 0.0403. The van der Waals surface area contributed by atoms with Crippen LogP contribution in [0.1, 0.15) is 31.4 Å². The number of benzene rings is 3. The number of rotatable bonds is 11. The predicted molar refractivity (Wildman–Crippen MR) is 153 cm³/mol. The molecule has 0 bridgehead atoms. The quantitative estimate of drug-likeness (QED) is 0.378. The fourth-order valence-corrected chi connectivity index (χ4v) is 5.96. The third-order valence-electron chi connectivity index (χ3n) is 6.63. The van der Waals surface area contributed by atoms with Gasteiger partial charge in [0.25, 0.3) is 10.0 Å². The highest BCUT2D eigenvalue weighted by Crippen LogP contribution is 2.36. The van der Waals surface area contributed by atoms with Gasteiger partial charge in [-0.05, 0) is 50.1 Å². The molecule has 2 amide bonds. The van der Waals surface area contributed by atoms with E-state index in [0.29, 0.717) is 37.7 Å². The summed E-state index contributed by atoms with van der Waals surface area (Å²) in [6.45, 7) is 6.37. The number of nitrogens with zero attached hydrogens (tertiary/aromatic N) is 2. The first-order valence-corrected chi connectivity index (χ1v) is 14.8. The molecule has 212 valence electrons. The van der Waals surface area contributed by atoms with Crippen LogP contribution in [0, 0.1) is 6.92 Å². The number of carbonyl (C=O) groups is 2. The minimum atomic E-state index is -4.16. The van der Waals surface area contributed by atoms with Gasteiger partial charge in [0, 0.05) is 19.2 Å². The third kappa shape index (κ3) is 6.56. The fraction of sp³-hybridized carbons (Fsp3) is 0.333. The Bertz CT molecular complexity index is 1430. The first-order chi connectivity index (χ1) is 19.2. The summed E-state index contributed by atoms with van der Waals surface area (Å²) in [7, 11) is -4.16. The van der Waals surface area contributed by atoms with Crippen LogP contribution in [0.25, 0.3) is 0 Å². The molecule has 3 aromatic rings. The minimum Gasteiger partial charge on any atom is -0.486 e. The van der Waals surface area contributed by atoms with Gasteiger partial charge in [0.1, 0.15) is 25.8 Å². The summed E-state index contributed by atoms with van der Waals surface area (Å²) in [5.74, 6) is 0.103. The summed E-state index contributed by atoms with van der Waals surface area (Å²) < 4.78 is 40.2. The summed E-state index contributed by atoms with van der Waals surface area (Å²) in [5.41, 5.74) is 2.15. The van der Waals surface area contributed by atoms with E-state index in [9.17, 15) is 18.0 Å². The van der Waals surface area contributed by atoms with Crippen LogP contribution in [0.4, 0.5) is 5.69 Å². The lowest BCUT2D eigenvalue weighted by Crippen LogP contribution is -2.52. The average molecular weight is 566 g/mol. The van der Waals surface area contributed by atoms with Crippen LogP contribution in [0.3, 0.4) is 0 Å². The third-order valence-corrected chi connectivity index (χ3v) is 8.42. The number of nitrogens with one attached hydrogen (secondary N) is 1. The van der Waals surface area contributed by atoms with Gasteiger partial charge in [-0.1, -0.05) is 55.0 Å². The molecule has 3 aromatic carbocycles. The molecular formula is C30H35N3O6S. The van der Waals surface area contributed by atoms with Crippen LogP contribution in [0.15, 0.2) is 77.7 Å². The molecule has 1 heterocycles. The zero-order valence-electron chi connectivity index (χ0n) is 23.0. The van der Waals surface area contributed by atoms with Crippen molar-refractivity contribution in [3.8, 4) is 11.5 Å². The molecule has 1 aliphatic heterocycles. The van der Waals surface area contributed by atoms with Gasteiger partial charge in [-0.25, -0.2) is 8.42 Å². The van der Waals surface area contributed by atoms with Gasteiger partial charge in [0.2, 0.25) is 11.8 Å². The second kappa shape index (κ2) is 12.9. The van der Waals surface area contributed by atoms with E-state index >= 15 is 0 Å². The Morgan fingerprint density at radius 1 is 0.925 bits per heavy atom. The largest absolute Gasteiger partial charge is 0.486 e. The number of amides is 2. The van der Waals surface area contributed by atoms with Crippen LogP contribution in [-0.2, 0) is 26.2 Å². The molecule has 1 aliphatic rings. The van der Waals surface area contributed by atoms with E-state index in [-0.39, 0.29) is 23.0 Å². The van der Waals surface area contributed by atoms with Crippen LogP contribution in [0.2, 0.25) is 0 Å². The molecule has 40 heavy (non-hydrogen) atoms.